The number of aromatic nitrogens is 1. The number of carbonyl (C=O) groups excluding carboxylic acids is 1. The fourth-order valence-electron chi connectivity index (χ4n) is 2.47. The Morgan fingerprint density at radius 1 is 1.24 bits per heavy atom. The van der Waals surface area contributed by atoms with Gasteiger partial charge in [-0.1, -0.05) is 11.6 Å². The van der Waals surface area contributed by atoms with E-state index in [0.717, 1.165) is 18.8 Å². The first-order valence-corrected chi connectivity index (χ1v) is 7.38. The number of hydrogen-bond donors (Lipinski definition) is 1. The lowest BCUT2D eigenvalue weighted by Gasteiger charge is -2.19. The van der Waals surface area contributed by atoms with Crippen molar-refractivity contribution in [2.75, 3.05) is 23.3 Å². The molecular weight excluding hydrogens is 286 g/mol. The van der Waals surface area contributed by atoms with Gasteiger partial charge in [0, 0.05) is 31.2 Å². The van der Waals surface area contributed by atoms with Crippen molar-refractivity contribution in [3.63, 3.8) is 0 Å². The van der Waals surface area contributed by atoms with Crippen LogP contribution in [0.25, 0.3) is 0 Å². The number of hydrogen-bond acceptors (Lipinski definition) is 3. The highest BCUT2D eigenvalue weighted by Crippen LogP contribution is 2.29. The number of carbonyl (C=O) groups is 1. The van der Waals surface area contributed by atoms with Crippen LogP contribution in [0.4, 0.5) is 11.4 Å². The molecule has 0 bridgehead atoms. The van der Waals surface area contributed by atoms with Crippen molar-refractivity contribution in [1.82, 2.24) is 4.98 Å². The van der Waals surface area contributed by atoms with Crippen molar-refractivity contribution in [3.8, 4) is 0 Å². The van der Waals surface area contributed by atoms with E-state index in [9.17, 15) is 4.79 Å². The second kappa shape index (κ2) is 6.14. The van der Waals surface area contributed by atoms with Gasteiger partial charge < -0.3 is 10.2 Å². The second-order valence-corrected chi connectivity index (χ2v) is 5.46. The molecule has 5 heteroatoms. The van der Waals surface area contributed by atoms with Crippen LogP contribution in [-0.2, 0) is 0 Å². The van der Waals surface area contributed by atoms with Gasteiger partial charge in [-0.25, -0.2) is 0 Å². The zero-order valence-corrected chi connectivity index (χ0v) is 12.3. The van der Waals surface area contributed by atoms with Crippen LogP contribution in [0.3, 0.4) is 0 Å². The minimum atomic E-state index is -0.205. The molecule has 1 aliphatic heterocycles. The third-order valence-corrected chi connectivity index (χ3v) is 3.92. The number of anilines is 2. The van der Waals surface area contributed by atoms with Gasteiger partial charge in [0.2, 0.25) is 0 Å². The van der Waals surface area contributed by atoms with Gasteiger partial charge in [0.05, 0.1) is 16.3 Å². The van der Waals surface area contributed by atoms with E-state index in [1.54, 1.807) is 18.3 Å². The van der Waals surface area contributed by atoms with Crippen LogP contribution in [-0.4, -0.2) is 24.0 Å². The maximum Gasteiger partial charge on any atom is 0.257 e. The Morgan fingerprint density at radius 2 is 2.05 bits per heavy atom. The highest BCUT2D eigenvalue weighted by molar-refractivity contribution is 6.34. The number of halogens is 1. The van der Waals surface area contributed by atoms with Crippen molar-refractivity contribution < 1.29 is 4.79 Å². The zero-order chi connectivity index (χ0) is 14.7. The molecule has 0 atom stereocenters. The zero-order valence-electron chi connectivity index (χ0n) is 11.6. The lowest BCUT2D eigenvalue weighted by Crippen LogP contribution is -2.18. The Kier molecular flexibility index (Phi) is 4.06. The average molecular weight is 302 g/mol. The summed E-state index contributed by atoms with van der Waals surface area (Å²) in [5.41, 5.74) is 2.24. The van der Waals surface area contributed by atoms with Gasteiger partial charge in [-0.2, -0.15) is 0 Å². The summed E-state index contributed by atoms with van der Waals surface area (Å²) in [5.74, 6) is -0.205. The third-order valence-electron chi connectivity index (χ3n) is 3.59. The van der Waals surface area contributed by atoms with Crippen molar-refractivity contribution in [2.45, 2.75) is 12.8 Å². The molecule has 4 nitrogen and oxygen atoms in total. The highest BCUT2D eigenvalue weighted by Gasteiger charge is 2.15. The molecule has 1 aromatic carbocycles. The minimum absolute atomic E-state index is 0.205. The van der Waals surface area contributed by atoms with Crippen LogP contribution in [0.5, 0.6) is 0 Å². The Labute approximate surface area is 128 Å². The van der Waals surface area contributed by atoms with Gasteiger partial charge in [0.1, 0.15) is 0 Å². The molecule has 0 spiro atoms. The molecule has 1 saturated heterocycles. The molecule has 2 heterocycles. The lowest BCUT2D eigenvalue weighted by molar-refractivity contribution is 0.102. The van der Waals surface area contributed by atoms with Crippen LogP contribution in [0.15, 0.2) is 42.7 Å². The fraction of sp³-hybridized carbons (Fsp3) is 0.250. The summed E-state index contributed by atoms with van der Waals surface area (Å²) in [4.78, 5) is 18.4. The summed E-state index contributed by atoms with van der Waals surface area (Å²) < 4.78 is 0. The molecule has 3 rings (SSSR count). The van der Waals surface area contributed by atoms with Crippen LogP contribution >= 0.6 is 11.6 Å². The molecule has 1 aromatic heterocycles. The van der Waals surface area contributed by atoms with E-state index < -0.39 is 0 Å². The molecule has 1 amide bonds. The Balaban J connectivity index is 1.81. The van der Waals surface area contributed by atoms with E-state index in [0.29, 0.717) is 16.3 Å². The maximum atomic E-state index is 12.2. The Hall–Kier alpha value is -2.07. The average Bonchev–Trinajstić information content (AvgIpc) is 3.04. The second-order valence-electron chi connectivity index (χ2n) is 5.05. The Morgan fingerprint density at radius 3 is 2.76 bits per heavy atom. The molecule has 0 unspecified atom stereocenters. The fourth-order valence-corrected chi connectivity index (χ4v) is 2.64. The predicted molar refractivity (Wildman–Crippen MR) is 85.1 cm³/mol. The normalized spacial score (nSPS) is 14.2. The van der Waals surface area contributed by atoms with E-state index in [-0.39, 0.29) is 5.91 Å². The Bertz CT molecular complexity index is 639. The topological polar surface area (TPSA) is 45.2 Å². The number of rotatable bonds is 3. The van der Waals surface area contributed by atoms with Crippen molar-refractivity contribution in [1.29, 1.82) is 0 Å². The maximum absolute atomic E-state index is 12.2. The largest absolute Gasteiger partial charge is 0.371 e. The van der Waals surface area contributed by atoms with Crippen LogP contribution in [0, 0.1) is 0 Å². The predicted octanol–water partition coefficient (Wildman–Crippen LogP) is 3.59. The molecule has 0 radical (unpaired) electrons. The summed E-state index contributed by atoms with van der Waals surface area (Å²) in [5, 5.41) is 3.39. The number of nitrogens with one attached hydrogen (secondary N) is 1. The first-order valence-electron chi connectivity index (χ1n) is 7.00. The minimum Gasteiger partial charge on any atom is -0.371 e. The van der Waals surface area contributed by atoms with Gasteiger partial charge in [0.15, 0.2) is 0 Å². The number of nitrogens with zero attached hydrogens (tertiary/aromatic N) is 2. The van der Waals surface area contributed by atoms with Gasteiger partial charge in [-0.3, -0.25) is 9.78 Å². The molecule has 1 aliphatic rings. The van der Waals surface area contributed by atoms with Gasteiger partial charge in [0.25, 0.3) is 5.91 Å². The summed E-state index contributed by atoms with van der Waals surface area (Å²) in [6, 6.07) is 9.21. The summed E-state index contributed by atoms with van der Waals surface area (Å²) in [7, 11) is 0. The van der Waals surface area contributed by atoms with Crippen LogP contribution < -0.4 is 10.2 Å². The summed E-state index contributed by atoms with van der Waals surface area (Å²) in [6.07, 6.45) is 5.59. The van der Waals surface area contributed by atoms with E-state index >= 15 is 0 Å². The standard InChI is InChI=1S/C16H16ClN3O/c17-14-6-5-13(20-8-1-2-9-20)10-15(14)19-16(21)12-4-3-7-18-11-12/h3-7,10-11H,1-2,8-9H2,(H,19,21). The van der Waals surface area contributed by atoms with Gasteiger partial charge in [-0.15, -0.1) is 0 Å². The molecule has 108 valence electrons. The number of amides is 1. The molecule has 0 saturated carbocycles. The molecule has 0 aliphatic carbocycles. The van der Waals surface area contributed by atoms with E-state index in [1.165, 1.54) is 19.0 Å². The lowest BCUT2D eigenvalue weighted by atomic mass is 10.2. The molecule has 2 aromatic rings. The van der Waals surface area contributed by atoms with Crippen LogP contribution in [0.2, 0.25) is 5.02 Å². The molecule has 21 heavy (non-hydrogen) atoms. The number of benzene rings is 1. The smallest absolute Gasteiger partial charge is 0.257 e. The van der Waals surface area contributed by atoms with Gasteiger partial charge in [-0.05, 0) is 43.2 Å². The van der Waals surface area contributed by atoms with Crippen LogP contribution in [0.1, 0.15) is 23.2 Å². The monoisotopic (exact) mass is 301 g/mol. The van der Waals surface area contributed by atoms with Crippen molar-refractivity contribution in [2.24, 2.45) is 0 Å². The van der Waals surface area contributed by atoms with Crippen molar-refractivity contribution >= 4 is 28.9 Å². The third kappa shape index (κ3) is 3.16. The van der Waals surface area contributed by atoms with Gasteiger partial charge >= 0.3 is 0 Å². The number of pyridine rings is 1. The highest BCUT2D eigenvalue weighted by atomic mass is 35.5. The summed E-state index contributed by atoms with van der Waals surface area (Å²) in [6.45, 7) is 2.11. The first kappa shape index (κ1) is 13.9. The first-order chi connectivity index (χ1) is 10.2. The van der Waals surface area contributed by atoms with E-state index in [1.807, 2.05) is 18.2 Å². The quantitative estimate of drug-likeness (QED) is 0.942. The van der Waals surface area contributed by atoms with E-state index in [2.05, 4.69) is 15.2 Å². The molecule has 1 N–H and O–H groups in total. The van der Waals surface area contributed by atoms with E-state index in [4.69, 9.17) is 11.6 Å². The molecular formula is C16H16ClN3O. The van der Waals surface area contributed by atoms with Crippen molar-refractivity contribution in [3.05, 3.63) is 53.3 Å². The SMILES string of the molecule is O=C(Nc1cc(N2CCCC2)ccc1Cl)c1cccnc1. The molecule has 1 fully saturated rings. The summed E-state index contributed by atoms with van der Waals surface area (Å²) >= 11 is 6.19.